The van der Waals surface area contributed by atoms with Crippen LogP contribution in [0.25, 0.3) is 0 Å². The highest BCUT2D eigenvalue weighted by atomic mass is 79.9. The average Bonchev–Trinajstić information content (AvgIpc) is 2.47. The molecule has 3 N–H and O–H groups in total. The number of hydrogen-bond acceptors (Lipinski definition) is 3. The minimum Gasteiger partial charge on any atom is -0.493 e. The summed E-state index contributed by atoms with van der Waals surface area (Å²) in [5, 5.41) is 10.6. The summed E-state index contributed by atoms with van der Waals surface area (Å²) in [4.78, 5) is 0. The lowest BCUT2D eigenvalue weighted by Crippen LogP contribution is -2.07. The first-order valence-electron chi connectivity index (χ1n) is 6.58. The first-order chi connectivity index (χ1) is 9.63. The van der Waals surface area contributed by atoms with E-state index in [9.17, 15) is 5.11 Å². The van der Waals surface area contributed by atoms with Gasteiger partial charge < -0.3 is 15.6 Å². The Bertz CT molecular complexity index is 586. The van der Waals surface area contributed by atoms with Crippen LogP contribution in [0.2, 0.25) is 0 Å². The Hall–Kier alpha value is -1.52. The van der Waals surface area contributed by atoms with E-state index in [1.165, 1.54) is 0 Å². The Morgan fingerprint density at radius 3 is 2.70 bits per heavy atom. The summed E-state index contributed by atoms with van der Waals surface area (Å²) < 4.78 is 6.57. The van der Waals surface area contributed by atoms with Gasteiger partial charge in [0.2, 0.25) is 0 Å². The van der Waals surface area contributed by atoms with Crippen molar-refractivity contribution in [2.75, 3.05) is 12.3 Å². The van der Waals surface area contributed by atoms with Crippen LogP contribution in [0.1, 0.15) is 30.6 Å². The second kappa shape index (κ2) is 6.77. The predicted molar refractivity (Wildman–Crippen MR) is 84.8 cm³/mol. The molecule has 0 radical (unpaired) electrons. The van der Waals surface area contributed by atoms with Gasteiger partial charge >= 0.3 is 0 Å². The first kappa shape index (κ1) is 14.9. The topological polar surface area (TPSA) is 55.5 Å². The molecule has 0 spiro atoms. The Balaban J connectivity index is 2.37. The van der Waals surface area contributed by atoms with Crippen molar-refractivity contribution in [3.8, 4) is 5.75 Å². The van der Waals surface area contributed by atoms with Crippen molar-refractivity contribution in [3.05, 3.63) is 58.1 Å². The zero-order chi connectivity index (χ0) is 14.5. The van der Waals surface area contributed by atoms with Gasteiger partial charge in [-0.15, -0.1) is 0 Å². The van der Waals surface area contributed by atoms with Gasteiger partial charge in [-0.25, -0.2) is 0 Å². The molecule has 2 aromatic rings. The SMILES string of the molecule is CCCOc1ccccc1C(O)c1cc(Br)ccc1N. The van der Waals surface area contributed by atoms with Crippen molar-refractivity contribution in [1.29, 1.82) is 0 Å². The van der Waals surface area contributed by atoms with Crippen molar-refractivity contribution in [3.63, 3.8) is 0 Å². The summed E-state index contributed by atoms with van der Waals surface area (Å²) in [6.45, 7) is 2.67. The molecule has 0 saturated heterocycles. The fourth-order valence-electron chi connectivity index (χ4n) is 2.00. The van der Waals surface area contributed by atoms with Crippen LogP contribution < -0.4 is 10.5 Å². The van der Waals surface area contributed by atoms with Gasteiger partial charge in [0.25, 0.3) is 0 Å². The smallest absolute Gasteiger partial charge is 0.125 e. The summed E-state index contributed by atoms with van der Waals surface area (Å²) in [7, 11) is 0. The zero-order valence-electron chi connectivity index (χ0n) is 11.3. The number of ether oxygens (including phenoxy) is 1. The maximum absolute atomic E-state index is 10.6. The highest BCUT2D eigenvalue weighted by Gasteiger charge is 2.17. The van der Waals surface area contributed by atoms with E-state index in [2.05, 4.69) is 15.9 Å². The molecule has 2 aromatic carbocycles. The van der Waals surface area contributed by atoms with Gasteiger partial charge in [0.1, 0.15) is 11.9 Å². The fourth-order valence-corrected chi connectivity index (χ4v) is 2.38. The molecule has 1 unspecified atom stereocenters. The quantitative estimate of drug-likeness (QED) is 0.814. The third-order valence-corrected chi connectivity index (χ3v) is 3.51. The number of nitrogens with two attached hydrogens (primary N) is 1. The van der Waals surface area contributed by atoms with Crippen molar-refractivity contribution < 1.29 is 9.84 Å². The highest BCUT2D eigenvalue weighted by Crippen LogP contribution is 2.34. The van der Waals surface area contributed by atoms with E-state index in [1.54, 1.807) is 6.07 Å². The number of hydrogen-bond donors (Lipinski definition) is 2. The molecule has 0 bridgehead atoms. The maximum atomic E-state index is 10.6. The van der Waals surface area contributed by atoms with Gasteiger partial charge in [-0.05, 0) is 30.7 Å². The molecule has 0 amide bonds. The van der Waals surface area contributed by atoms with Crippen LogP contribution in [-0.2, 0) is 0 Å². The number of benzene rings is 2. The molecule has 0 aliphatic carbocycles. The molecule has 0 aromatic heterocycles. The molecule has 3 nitrogen and oxygen atoms in total. The number of rotatable bonds is 5. The third-order valence-electron chi connectivity index (χ3n) is 3.02. The van der Waals surface area contributed by atoms with Crippen LogP contribution in [0, 0.1) is 0 Å². The van der Waals surface area contributed by atoms with Crippen LogP contribution >= 0.6 is 15.9 Å². The molecular formula is C16H18BrNO2. The van der Waals surface area contributed by atoms with Gasteiger partial charge in [-0.3, -0.25) is 0 Å². The molecule has 1 atom stereocenters. The Kier molecular flexibility index (Phi) is 5.04. The third kappa shape index (κ3) is 3.32. The molecule has 0 aliphatic rings. The van der Waals surface area contributed by atoms with Gasteiger partial charge in [-0.1, -0.05) is 41.1 Å². The Morgan fingerprint density at radius 1 is 1.20 bits per heavy atom. The van der Waals surface area contributed by atoms with E-state index in [0.717, 1.165) is 16.5 Å². The lowest BCUT2D eigenvalue weighted by molar-refractivity contribution is 0.211. The van der Waals surface area contributed by atoms with Gasteiger partial charge in [-0.2, -0.15) is 0 Å². The number of halogens is 1. The summed E-state index contributed by atoms with van der Waals surface area (Å²) in [5.41, 5.74) is 7.92. The van der Waals surface area contributed by atoms with Crippen LogP contribution in [-0.4, -0.2) is 11.7 Å². The number of nitrogen functional groups attached to an aromatic ring is 1. The van der Waals surface area contributed by atoms with Crippen molar-refractivity contribution >= 4 is 21.6 Å². The maximum Gasteiger partial charge on any atom is 0.125 e. The lowest BCUT2D eigenvalue weighted by atomic mass is 9.99. The van der Waals surface area contributed by atoms with Crippen molar-refractivity contribution in [2.45, 2.75) is 19.4 Å². The average molecular weight is 336 g/mol. The summed E-state index contributed by atoms with van der Waals surface area (Å²) >= 11 is 3.40. The van der Waals surface area contributed by atoms with Gasteiger partial charge in [0.05, 0.1) is 6.61 Å². The molecule has 2 rings (SSSR count). The number of para-hydroxylation sites is 1. The second-order valence-electron chi connectivity index (χ2n) is 4.56. The van der Waals surface area contributed by atoms with Gasteiger partial charge in [0, 0.05) is 21.3 Å². The molecule has 0 aliphatic heterocycles. The van der Waals surface area contributed by atoms with Crippen LogP contribution in [0.5, 0.6) is 5.75 Å². The minimum absolute atomic E-state index is 0.561. The summed E-state index contributed by atoms with van der Waals surface area (Å²) in [6, 6.07) is 13.0. The Morgan fingerprint density at radius 2 is 1.95 bits per heavy atom. The van der Waals surface area contributed by atoms with Crippen LogP contribution in [0.4, 0.5) is 5.69 Å². The highest BCUT2D eigenvalue weighted by molar-refractivity contribution is 9.10. The van der Waals surface area contributed by atoms with Gasteiger partial charge in [0.15, 0.2) is 0 Å². The number of anilines is 1. The molecular weight excluding hydrogens is 318 g/mol. The Labute approximate surface area is 127 Å². The van der Waals surface area contributed by atoms with Crippen LogP contribution in [0.15, 0.2) is 46.9 Å². The molecule has 0 saturated carbocycles. The monoisotopic (exact) mass is 335 g/mol. The van der Waals surface area contributed by atoms with Crippen LogP contribution in [0.3, 0.4) is 0 Å². The molecule has 0 fully saturated rings. The zero-order valence-corrected chi connectivity index (χ0v) is 12.9. The van der Waals surface area contributed by atoms with Crippen molar-refractivity contribution in [2.24, 2.45) is 0 Å². The summed E-state index contributed by atoms with van der Waals surface area (Å²) in [5.74, 6) is 0.696. The fraction of sp³-hybridized carbons (Fsp3) is 0.250. The predicted octanol–water partition coefficient (Wildman–Crippen LogP) is 3.90. The molecule has 20 heavy (non-hydrogen) atoms. The molecule has 106 valence electrons. The second-order valence-corrected chi connectivity index (χ2v) is 5.48. The normalized spacial score (nSPS) is 12.2. The first-order valence-corrected chi connectivity index (χ1v) is 7.37. The van der Waals surface area contributed by atoms with E-state index in [4.69, 9.17) is 10.5 Å². The minimum atomic E-state index is -0.805. The van der Waals surface area contributed by atoms with E-state index in [0.29, 0.717) is 23.6 Å². The largest absolute Gasteiger partial charge is 0.493 e. The van der Waals surface area contributed by atoms with E-state index >= 15 is 0 Å². The lowest BCUT2D eigenvalue weighted by Gasteiger charge is -2.18. The molecule has 4 heteroatoms. The number of aliphatic hydroxyl groups excluding tert-OH is 1. The summed E-state index contributed by atoms with van der Waals surface area (Å²) in [6.07, 6.45) is 0.115. The van der Waals surface area contributed by atoms with E-state index < -0.39 is 6.10 Å². The number of aliphatic hydroxyl groups is 1. The van der Waals surface area contributed by atoms with E-state index in [1.807, 2.05) is 43.3 Å². The molecule has 0 heterocycles. The van der Waals surface area contributed by atoms with Crippen molar-refractivity contribution in [1.82, 2.24) is 0 Å². The standard InChI is InChI=1S/C16H18BrNO2/c1-2-9-20-15-6-4-3-5-12(15)16(19)13-10-11(17)7-8-14(13)18/h3-8,10,16,19H,2,9,18H2,1H3. The van der Waals surface area contributed by atoms with E-state index in [-0.39, 0.29) is 0 Å².